The zero-order chi connectivity index (χ0) is 21.7. The predicted molar refractivity (Wildman–Crippen MR) is 98.1 cm³/mol. The molecule has 0 saturated carbocycles. The van der Waals surface area contributed by atoms with Crippen LogP contribution in [-0.2, 0) is 17.9 Å². The van der Waals surface area contributed by atoms with Crippen molar-refractivity contribution in [2.75, 3.05) is 0 Å². The van der Waals surface area contributed by atoms with Crippen molar-refractivity contribution < 1.29 is 22.8 Å². The number of fused-ring (bicyclic) bond motifs is 1. The Bertz CT molecular complexity index is 1070. The van der Waals surface area contributed by atoms with Gasteiger partial charge in [0.15, 0.2) is 5.65 Å². The second kappa shape index (κ2) is 8.84. The molecule has 2 amide bonds. The molecule has 30 heavy (non-hydrogen) atoms. The summed E-state index contributed by atoms with van der Waals surface area (Å²) >= 11 is 0. The van der Waals surface area contributed by atoms with Gasteiger partial charge in [-0.3, -0.25) is 9.59 Å². The number of hydrogen-bond acceptors (Lipinski definition) is 6. The third-order valence-electron chi connectivity index (χ3n) is 4.02. The lowest BCUT2D eigenvalue weighted by Gasteiger charge is -2.07. The van der Waals surface area contributed by atoms with E-state index in [1.54, 1.807) is 25.3 Å². The molecule has 2 N–H and O–H groups in total. The van der Waals surface area contributed by atoms with Gasteiger partial charge in [0.1, 0.15) is 12.0 Å². The molecule has 0 aliphatic rings. The van der Waals surface area contributed by atoms with Crippen LogP contribution in [0.25, 0.3) is 5.65 Å². The van der Waals surface area contributed by atoms with Crippen LogP contribution in [0.5, 0.6) is 0 Å². The topological polar surface area (TPSA) is 114 Å². The number of carbonyl (C=O) groups is 2. The highest BCUT2D eigenvalue weighted by Crippen LogP contribution is 2.21. The molecule has 3 aromatic rings. The van der Waals surface area contributed by atoms with Gasteiger partial charge >= 0.3 is 6.18 Å². The second-order valence-electron chi connectivity index (χ2n) is 6.52. The van der Waals surface area contributed by atoms with Gasteiger partial charge in [0, 0.05) is 18.7 Å². The van der Waals surface area contributed by atoms with Gasteiger partial charge < -0.3 is 10.6 Å². The molecule has 0 aromatic carbocycles. The summed E-state index contributed by atoms with van der Waals surface area (Å²) in [4.78, 5) is 35.8. The number of nitrogens with one attached hydrogen (secondary N) is 2. The summed E-state index contributed by atoms with van der Waals surface area (Å²) in [6, 6.07) is 3.21. The normalized spacial score (nSPS) is 11.5. The third kappa shape index (κ3) is 5.96. The smallest absolute Gasteiger partial charge is 0.352 e. The molecule has 3 heterocycles. The largest absolute Gasteiger partial charge is 0.389 e. The molecule has 3 rings (SSSR count). The third-order valence-corrected chi connectivity index (χ3v) is 4.02. The van der Waals surface area contributed by atoms with E-state index < -0.39 is 24.9 Å². The lowest BCUT2D eigenvalue weighted by molar-refractivity contribution is -0.144. The molecular formula is C18H18F3N7O2. The van der Waals surface area contributed by atoms with Crippen LogP contribution in [0, 0.1) is 6.92 Å². The van der Waals surface area contributed by atoms with E-state index in [4.69, 9.17) is 0 Å². The molecule has 0 unspecified atom stereocenters. The first kappa shape index (κ1) is 21.1. The molecule has 0 radical (unpaired) electrons. The van der Waals surface area contributed by atoms with Crippen molar-refractivity contribution in [3.8, 4) is 0 Å². The molecule has 9 nitrogen and oxygen atoms in total. The van der Waals surface area contributed by atoms with Gasteiger partial charge in [-0.1, -0.05) is 0 Å². The monoisotopic (exact) mass is 421 g/mol. The van der Waals surface area contributed by atoms with E-state index in [1.165, 1.54) is 17.0 Å². The zero-order valence-corrected chi connectivity index (χ0v) is 15.9. The molecular weight excluding hydrogens is 403 g/mol. The quantitative estimate of drug-likeness (QED) is 0.601. The first-order valence-corrected chi connectivity index (χ1v) is 8.93. The average Bonchev–Trinajstić information content (AvgIpc) is 3.10. The Morgan fingerprint density at radius 2 is 1.93 bits per heavy atom. The number of imidazole rings is 1. The number of alkyl halides is 3. The number of amides is 2. The van der Waals surface area contributed by atoms with E-state index in [0.717, 1.165) is 0 Å². The lowest BCUT2D eigenvalue weighted by Crippen LogP contribution is -2.24. The van der Waals surface area contributed by atoms with Crippen LogP contribution in [0.1, 0.15) is 40.3 Å². The van der Waals surface area contributed by atoms with Gasteiger partial charge in [0.05, 0.1) is 31.1 Å². The van der Waals surface area contributed by atoms with Crippen molar-refractivity contribution in [2.24, 2.45) is 0 Å². The van der Waals surface area contributed by atoms with Crippen molar-refractivity contribution in [1.29, 1.82) is 0 Å². The molecule has 0 saturated heterocycles. The number of rotatable bonds is 7. The summed E-state index contributed by atoms with van der Waals surface area (Å²) in [5.74, 6) is -1.06. The van der Waals surface area contributed by atoms with Crippen LogP contribution >= 0.6 is 0 Å². The minimum atomic E-state index is -4.37. The van der Waals surface area contributed by atoms with Crippen molar-refractivity contribution in [3.05, 3.63) is 53.5 Å². The van der Waals surface area contributed by atoms with Crippen LogP contribution in [0.4, 0.5) is 13.2 Å². The Morgan fingerprint density at radius 3 is 2.67 bits per heavy atom. The van der Waals surface area contributed by atoms with E-state index >= 15 is 0 Å². The Morgan fingerprint density at radius 1 is 1.13 bits per heavy atom. The maximum Gasteiger partial charge on any atom is 0.389 e. The molecule has 0 aliphatic carbocycles. The Hall–Kier alpha value is -3.57. The number of hydrogen-bond donors (Lipinski definition) is 2. The molecule has 12 heteroatoms. The summed E-state index contributed by atoms with van der Waals surface area (Å²) in [5.41, 5.74) is 2.52. The number of aryl methyl sites for hydroxylation is 1. The van der Waals surface area contributed by atoms with E-state index in [0.29, 0.717) is 22.6 Å². The van der Waals surface area contributed by atoms with Crippen molar-refractivity contribution in [1.82, 2.24) is 35.2 Å². The highest BCUT2D eigenvalue weighted by atomic mass is 19.4. The minimum Gasteiger partial charge on any atom is -0.352 e. The maximum absolute atomic E-state index is 12.1. The fourth-order valence-corrected chi connectivity index (χ4v) is 2.53. The van der Waals surface area contributed by atoms with Gasteiger partial charge in [-0.25, -0.2) is 19.5 Å². The standard InChI is InChI=1S/C18H18F3N7O2/c1-11-4-14(25-10-24-11)17(30)23-8-13-9-28-15(27-13)5-12(7-26-28)6-22-16(29)2-3-18(19,20)21/h4-5,7,9-10H,2-3,6,8H2,1H3,(H,22,29)(H,23,30). The molecule has 158 valence electrons. The maximum atomic E-state index is 12.1. The van der Waals surface area contributed by atoms with E-state index in [1.807, 2.05) is 0 Å². The summed E-state index contributed by atoms with van der Waals surface area (Å²) in [7, 11) is 0. The fraction of sp³-hybridized carbons (Fsp3) is 0.333. The highest BCUT2D eigenvalue weighted by Gasteiger charge is 2.27. The number of nitrogens with zero attached hydrogens (tertiary/aromatic N) is 5. The molecule has 0 fully saturated rings. The van der Waals surface area contributed by atoms with Crippen molar-refractivity contribution in [3.63, 3.8) is 0 Å². The second-order valence-corrected chi connectivity index (χ2v) is 6.52. The number of aromatic nitrogens is 5. The molecule has 0 spiro atoms. The van der Waals surface area contributed by atoms with Gasteiger partial charge in [-0.2, -0.15) is 18.3 Å². The molecule has 3 aromatic heterocycles. The van der Waals surface area contributed by atoms with Crippen LogP contribution < -0.4 is 10.6 Å². The van der Waals surface area contributed by atoms with Gasteiger partial charge in [0.25, 0.3) is 5.91 Å². The number of carbonyl (C=O) groups excluding carboxylic acids is 2. The summed E-state index contributed by atoms with van der Waals surface area (Å²) in [5, 5.41) is 9.27. The molecule has 0 atom stereocenters. The Kier molecular flexibility index (Phi) is 6.23. The van der Waals surface area contributed by atoms with Gasteiger partial charge in [0.2, 0.25) is 5.91 Å². The minimum absolute atomic E-state index is 0.0339. The van der Waals surface area contributed by atoms with Gasteiger partial charge in [-0.05, 0) is 24.6 Å². The zero-order valence-electron chi connectivity index (χ0n) is 15.9. The fourth-order valence-electron chi connectivity index (χ4n) is 2.53. The Balaban J connectivity index is 1.56. The molecule has 0 bridgehead atoms. The van der Waals surface area contributed by atoms with Crippen LogP contribution in [-0.4, -0.2) is 42.6 Å². The molecule has 0 aliphatic heterocycles. The SMILES string of the molecule is Cc1cc(C(=O)NCc2cn3ncc(CNC(=O)CCC(F)(F)F)cc3n2)ncn1. The van der Waals surface area contributed by atoms with Crippen molar-refractivity contribution in [2.45, 2.75) is 39.0 Å². The summed E-state index contributed by atoms with van der Waals surface area (Å²) in [6.45, 7) is 1.93. The van der Waals surface area contributed by atoms with Crippen LogP contribution in [0.15, 0.2) is 30.9 Å². The van der Waals surface area contributed by atoms with E-state index in [2.05, 4.69) is 30.7 Å². The summed E-state index contributed by atoms with van der Waals surface area (Å²) < 4.78 is 37.9. The van der Waals surface area contributed by atoms with E-state index in [9.17, 15) is 22.8 Å². The summed E-state index contributed by atoms with van der Waals surface area (Å²) in [6.07, 6.45) is -1.75. The highest BCUT2D eigenvalue weighted by molar-refractivity contribution is 5.92. The lowest BCUT2D eigenvalue weighted by atomic mass is 10.2. The van der Waals surface area contributed by atoms with Crippen molar-refractivity contribution >= 4 is 17.5 Å². The first-order valence-electron chi connectivity index (χ1n) is 8.93. The predicted octanol–water partition coefficient (Wildman–Crippen LogP) is 1.72. The van der Waals surface area contributed by atoms with Crippen LogP contribution in [0.3, 0.4) is 0 Å². The Labute approximate surface area is 168 Å². The van der Waals surface area contributed by atoms with Gasteiger partial charge in [-0.15, -0.1) is 0 Å². The average molecular weight is 421 g/mol. The number of halogens is 3. The van der Waals surface area contributed by atoms with E-state index in [-0.39, 0.29) is 24.7 Å². The van der Waals surface area contributed by atoms with Crippen LogP contribution in [0.2, 0.25) is 0 Å². The first-order chi connectivity index (χ1) is 14.2.